The Morgan fingerprint density at radius 2 is 1.62 bits per heavy atom. The monoisotopic (exact) mass is 414 g/mol. The van der Waals surface area contributed by atoms with E-state index in [4.69, 9.17) is 10.2 Å². The van der Waals surface area contributed by atoms with Gasteiger partial charge in [0.2, 0.25) is 0 Å². The first-order valence-corrected chi connectivity index (χ1v) is 7.86. The Kier molecular flexibility index (Phi) is 5.24. The van der Waals surface area contributed by atoms with Gasteiger partial charge in [-0.2, -0.15) is 0 Å². The topological polar surface area (TPSA) is 74.6 Å². The summed E-state index contributed by atoms with van der Waals surface area (Å²) in [6, 6.07) is 12.5. The van der Waals surface area contributed by atoms with Gasteiger partial charge < -0.3 is 10.2 Å². The third-order valence-corrected chi connectivity index (χ3v) is 4.58. The Hall–Kier alpha value is -1.54. The zero-order valence-corrected chi connectivity index (χ0v) is 13.7. The van der Waals surface area contributed by atoms with Crippen molar-refractivity contribution in [1.29, 1.82) is 0 Å². The van der Waals surface area contributed by atoms with Crippen LogP contribution in [0.3, 0.4) is 0 Å². The lowest BCUT2D eigenvalue weighted by atomic mass is 10.2. The molecule has 0 aliphatic heterocycles. The number of halogens is 1. The second-order valence-electron chi connectivity index (χ2n) is 4.26. The van der Waals surface area contributed by atoms with Crippen LogP contribution >= 0.6 is 34.4 Å². The van der Waals surface area contributed by atoms with E-state index in [0.29, 0.717) is 3.57 Å². The molecule has 0 unspecified atom stereocenters. The SMILES string of the molecule is O=C(O)Cc1ccc(Sc2ccc(C(=O)O)c(I)c2)cc1. The first-order chi connectivity index (χ1) is 9.95. The summed E-state index contributed by atoms with van der Waals surface area (Å²) in [6.45, 7) is 0. The smallest absolute Gasteiger partial charge is 0.336 e. The van der Waals surface area contributed by atoms with E-state index in [-0.39, 0.29) is 12.0 Å². The van der Waals surface area contributed by atoms with E-state index in [2.05, 4.69) is 0 Å². The number of carbonyl (C=O) groups is 2. The molecule has 2 aromatic carbocycles. The van der Waals surface area contributed by atoms with E-state index < -0.39 is 11.9 Å². The molecule has 108 valence electrons. The minimum Gasteiger partial charge on any atom is -0.481 e. The van der Waals surface area contributed by atoms with E-state index in [1.54, 1.807) is 24.3 Å². The highest BCUT2D eigenvalue weighted by Gasteiger charge is 2.09. The molecule has 0 heterocycles. The number of rotatable bonds is 5. The number of hydrogen-bond acceptors (Lipinski definition) is 3. The molecule has 2 N–H and O–H groups in total. The fourth-order valence-electron chi connectivity index (χ4n) is 1.72. The molecule has 0 bridgehead atoms. The molecular weight excluding hydrogens is 403 g/mol. The summed E-state index contributed by atoms with van der Waals surface area (Å²) in [5.41, 5.74) is 1.04. The van der Waals surface area contributed by atoms with E-state index in [9.17, 15) is 9.59 Å². The van der Waals surface area contributed by atoms with Crippen LogP contribution in [0.2, 0.25) is 0 Å². The zero-order chi connectivity index (χ0) is 15.4. The van der Waals surface area contributed by atoms with Crippen LogP contribution in [-0.4, -0.2) is 22.2 Å². The van der Waals surface area contributed by atoms with Crippen LogP contribution in [0, 0.1) is 3.57 Å². The second-order valence-corrected chi connectivity index (χ2v) is 6.57. The molecule has 2 rings (SSSR count). The van der Waals surface area contributed by atoms with Crippen LogP contribution in [0.25, 0.3) is 0 Å². The summed E-state index contributed by atoms with van der Waals surface area (Å²) in [5, 5.41) is 17.7. The molecule has 0 saturated heterocycles. The van der Waals surface area contributed by atoms with Gasteiger partial charge in [-0.15, -0.1) is 0 Å². The Morgan fingerprint density at radius 1 is 1.00 bits per heavy atom. The first-order valence-electron chi connectivity index (χ1n) is 5.97. The summed E-state index contributed by atoms with van der Waals surface area (Å²) in [4.78, 5) is 23.5. The van der Waals surface area contributed by atoms with Gasteiger partial charge in [-0.3, -0.25) is 4.79 Å². The molecule has 0 amide bonds. The largest absolute Gasteiger partial charge is 0.481 e. The number of hydrogen-bond donors (Lipinski definition) is 2. The minimum absolute atomic E-state index is 0.0101. The molecule has 0 spiro atoms. The molecule has 21 heavy (non-hydrogen) atoms. The molecule has 0 saturated carbocycles. The summed E-state index contributed by atoms with van der Waals surface area (Å²) >= 11 is 3.51. The van der Waals surface area contributed by atoms with Gasteiger partial charge in [-0.25, -0.2) is 4.79 Å². The van der Waals surface area contributed by atoms with Crippen molar-refractivity contribution in [3.05, 3.63) is 57.2 Å². The molecule has 0 aromatic heterocycles. The summed E-state index contributed by atoms with van der Waals surface area (Å²) < 4.78 is 0.688. The Balaban J connectivity index is 2.13. The van der Waals surface area contributed by atoms with Gasteiger partial charge >= 0.3 is 11.9 Å². The van der Waals surface area contributed by atoms with Crippen molar-refractivity contribution in [3.8, 4) is 0 Å². The van der Waals surface area contributed by atoms with Gasteiger partial charge in [-0.1, -0.05) is 23.9 Å². The summed E-state index contributed by atoms with van der Waals surface area (Å²) in [5.74, 6) is -1.79. The highest BCUT2D eigenvalue weighted by molar-refractivity contribution is 14.1. The third-order valence-electron chi connectivity index (χ3n) is 2.69. The molecule has 0 aliphatic carbocycles. The molecule has 6 heteroatoms. The quantitative estimate of drug-likeness (QED) is 0.729. The highest BCUT2D eigenvalue weighted by Crippen LogP contribution is 2.30. The lowest BCUT2D eigenvalue weighted by molar-refractivity contribution is -0.136. The van der Waals surface area contributed by atoms with E-state index >= 15 is 0 Å². The summed E-state index contributed by atoms with van der Waals surface area (Å²) in [7, 11) is 0. The van der Waals surface area contributed by atoms with Gasteiger partial charge in [-0.05, 0) is 58.5 Å². The van der Waals surface area contributed by atoms with Gasteiger partial charge in [0.15, 0.2) is 0 Å². The first kappa shape index (κ1) is 15.8. The maximum absolute atomic E-state index is 11.0. The number of aliphatic carboxylic acids is 1. The fourth-order valence-corrected chi connectivity index (χ4v) is 3.53. The second kappa shape index (κ2) is 6.95. The number of benzene rings is 2. The lowest BCUT2D eigenvalue weighted by Gasteiger charge is -2.05. The van der Waals surface area contributed by atoms with Crippen LogP contribution in [0.5, 0.6) is 0 Å². The molecule has 2 aromatic rings. The maximum atomic E-state index is 11.0. The molecule has 0 radical (unpaired) electrons. The number of carboxylic acids is 2. The van der Waals surface area contributed by atoms with Crippen molar-refractivity contribution in [2.24, 2.45) is 0 Å². The van der Waals surface area contributed by atoms with Crippen LogP contribution in [0.4, 0.5) is 0 Å². The minimum atomic E-state index is -0.936. The normalized spacial score (nSPS) is 10.3. The van der Waals surface area contributed by atoms with E-state index in [1.165, 1.54) is 11.8 Å². The van der Waals surface area contributed by atoms with Crippen molar-refractivity contribution >= 4 is 46.3 Å². The highest BCUT2D eigenvalue weighted by atomic mass is 127. The molecular formula is C15H11IO4S. The standard InChI is InChI=1S/C15H11IO4S/c16-13-8-11(5-6-12(13)15(19)20)21-10-3-1-9(2-4-10)7-14(17)18/h1-6,8H,7H2,(H,17,18)(H,19,20). The number of aromatic carboxylic acids is 1. The Labute approximate surface area is 139 Å². The van der Waals surface area contributed by atoms with E-state index in [1.807, 2.05) is 40.8 Å². The Morgan fingerprint density at radius 3 is 2.14 bits per heavy atom. The maximum Gasteiger partial charge on any atom is 0.336 e. The van der Waals surface area contributed by atoms with Gasteiger partial charge in [0, 0.05) is 13.4 Å². The fraction of sp³-hybridized carbons (Fsp3) is 0.0667. The lowest BCUT2D eigenvalue weighted by Crippen LogP contribution is -1.99. The predicted molar refractivity (Wildman–Crippen MR) is 88.0 cm³/mol. The van der Waals surface area contributed by atoms with Crippen molar-refractivity contribution in [1.82, 2.24) is 0 Å². The van der Waals surface area contributed by atoms with Gasteiger partial charge in [0.05, 0.1) is 12.0 Å². The third kappa shape index (κ3) is 4.47. The molecule has 0 aliphatic rings. The average molecular weight is 414 g/mol. The van der Waals surface area contributed by atoms with Crippen LogP contribution < -0.4 is 0 Å². The van der Waals surface area contributed by atoms with Crippen molar-refractivity contribution in [3.63, 3.8) is 0 Å². The Bertz CT molecular complexity index is 683. The van der Waals surface area contributed by atoms with Crippen LogP contribution in [-0.2, 0) is 11.2 Å². The summed E-state index contributed by atoms with van der Waals surface area (Å²) in [6.07, 6.45) is 0.0101. The molecule has 0 atom stereocenters. The van der Waals surface area contributed by atoms with Crippen LogP contribution in [0.15, 0.2) is 52.3 Å². The van der Waals surface area contributed by atoms with Crippen molar-refractivity contribution in [2.45, 2.75) is 16.2 Å². The van der Waals surface area contributed by atoms with Crippen molar-refractivity contribution < 1.29 is 19.8 Å². The van der Waals surface area contributed by atoms with Crippen molar-refractivity contribution in [2.75, 3.05) is 0 Å². The predicted octanol–water partition coefficient (Wildman–Crippen LogP) is 3.77. The molecule has 4 nitrogen and oxygen atoms in total. The van der Waals surface area contributed by atoms with Gasteiger partial charge in [0.1, 0.15) is 0 Å². The molecule has 0 fully saturated rings. The average Bonchev–Trinajstić information content (AvgIpc) is 2.40. The van der Waals surface area contributed by atoms with Crippen LogP contribution in [0.1, 0.15) is 15.9 Å². The zero-order valence-electron chi connectivity index (χ0n) is 10.7. The van der Waals surface area contributed by atoms with Gasteiger partial charge in [0.25, 0.3) is 0 Å². The number of carboxylic acid groups (broad SMARTS) is 2. The van der Waals surface area contributed by atoms with E-state index in [0.717, 1.165) is 15.4 Å².